The number of hydrogen-bond acceptors (Lipinski definition) is 7. The summed E-state index contributed by atoms with van der Waals surface area (Å²) < 4.78 is 0. The van der Waals surface area contributed by atoms with Gasteiger partial charge in [0.05, 0.1) is 0 Å². The summed E-state index contributed by atoms with van der Waals surface area (Å²) in [5.74, 6) is 2.21. The number of aromatic nitrogens is 3. The van der Waals surface area contributed by atoms with E-state index in [-0.39, 0.29) is 0 Å². The monoisotopic (exact) mass is 270 g/mol. The van der Waals surface area contributed by atoms with Crippen LogP contribution in [0.25, 0.3) is 0 Å². The van der Waals surface area contributed by atoms with E-state index in [9.17, 15) is 0 Å². The summed E-state index contributed by atoms with van der Waals surface area (Å²) in [5, 5.41) is 6.76. The zero-order valence-corrected chi connectivity index (χ0v) is 11.9. The van der Waals surface area contributed by atoms with Crippen molar-refractivity contribution in [3.8, 4) is 0 Å². The van der Waals surface area contributed by atoms with Crippen LogP contribution in [0.5, 0.6) is 0 Å². The van der Waals surface area contributed by atoms with Crippen molar-refractivity contribution in [3.05, 3.63) is 0 Å². The van der Waals surface area contributed by atoms with Crippen molar-refractivity contribution in [3.63, 3.8) is 0 Å². The number of rotatable bonds is 9. The van der Waals surface area contributed by atoms with Crippen LogP contribution in [0.2, 0.25) is 0 Å². The molecule has 1 heterocycles. The first-order valence-corrected chi connectivity index (χ1v) is 7.29. The molecule has 4 N–H and O–H groups in total. The number of nitrogens with one attached hydrogen (secondary N) is 2. The number of unbranched alkanes of at least 4 members (excludes halogenated alkanes) is 2. The average molecular weight is 270 g/mol. The third-order valence-electron chi connectivity index (χ3n) is 2.25. The predicted octanol–water partition coefficient (Wildman–Crippen LogP) is 1.57. The van der Waals surface area contributed by atoms with Crippen LogP contribution in [0.15, 0.2) is 5.16 Å². The minimum Gasteiger partial charge on any atom is -0.357 e. The highest BCUT2D eigenvalue weighted by Gasteiger charge is 2.05. The summed E-state index contributed by atoms with van der Waals surface area (Å²) in [4.78, 5) is 12.9. The Balaban J connectivity index is 2.58. The van der Waals surface area contributed by atoms with Gasteiger partial charge in [-0.2, -0.15) is 15.0 Å². The van der Waals surface area contributed by atoms with Gasteiger partial charge in [-0.05, 0) is 6.42 Å². The molecule has 1 rings (SSSR count). The Bertz CT molecular complexity index is 346. The standard InChI is InChI=1S/C11H22N6S/c1-3-4-5-8-18-11-16-9(13-2)15-10(17-11)14-7-6-12/h3-8,12H2,1-2H3,(H2,13,14,15,16,17). The van der Waals surface area contributed by atoms with Gasteiger partial charge >= 0.3 is 0 Å². The zero-order valence-electron chi connectivity index (χ0n) is 11.1. The highest BCUT2D eigenvalue weighted by Crippen LogP contribution is 2.18. The molecule has 102 valence electrons. The number of nitrogens with zero attached hydrogens (tertiary/aromatic N) is 3. The van der Waals surface area contributed by atoms with Gasteiger partial charge < -0.3 is 16.4 Å². The normalized spacial score (nSPS) is 10.4. The first-order valence-electron chi connectivity index (χ1n) is 6.30. The second-order valence-corrected chi connectivity index (χ2v) is 4.85. The topological polar surface area (TPSA) is 88.8 Å². The van der Waals surface area contributed by atoms with E-state index in [4.69, 9.17) is 5.73 Å². The maximum absolute atomic E-state index is 5.44. The second kappa shape index (κ2) is 8.93. The van der Waals surface area contributed by atoms with Crippen molar-refractivity contribution < 1.29 is 0 Å². The van der Waals surface area contributed by atoms with Crippen molar-refractivity contribution in [2.45, 2.75) is 31.3 Å². The first-order chi connectivity index (χ1) is 8.80. The fourth-order valence-electron chi connectivity index (χ4n) is 1.31. The van der Waals surface area contributed by atoms with Gasteiger partial charge in [0, 0.05) is 25.9 Å². The van der Waals surface area contributed by atoms with Crippen molar-refractivity contribution in [2.75, 3.05) is 36.5 Å². The third-order valence-corrected chi connectivity index (χ3v) is 3.18. The van der Waals surface area contributed by atoms with Gasteiger partial charge in [-0.3, -0.25) is 0 Å². The van der Waals surface area contributed by atoms with Crippen LogP contribution in [0.4, 0.5) is 11.9 Å². The molecule has 0 unspecified atom stereocenters. The molecule has 0 atom stereocenters. The Morgan fingerprint density at radius 2 is 1.94 bits per heavy atom. The fraction of sp³-hybridized carbons (Fsp3) is 0.727. The van der Waals surface area contributed by atoms with Gasteiger partial charge in [0.25, 0.3) is 0 Å². The molecule has 0 saturated heterocycles. The Morgan fingerprint density at radius 1 is 1.17 bits per heavy atom. The molecule has 0 aliphatic heterocycles. The highest BCUT2D eigenvalue weighted by molar-refractivity contribution is 7.99. The smallest absolute Gasteiger partial charge is 0.228 e. The van der Waals surface area contributed by atoms with E-state index in [2.05, 4.69) is 32.5 Å². The molecule has 0 bridgehead atoms. The van der Waals surface area contributed by atoms with Gasteiger partial charge in [-0.1, -0.05) is 31.5 Å². The quantitative estimate of drug-likeness (QED) is 0.463. The molecule has 0 radical (unpaired) electrons. The SMILES string of the molecule is CCCCCSc1nc(NC)nc(NCCN)n1. The zero-order chi connectivity index (χ0) is 13.2. The van der Waals surface area contributed by atoms with E-state index in [1.54, 1.807) is 18.8 Å². The van der Waals surface area contributed by atoms with Crippen LogP contribution < -0.4 is 16.4 Å². The summed E-state index contributed by atoms with van der Waals surface area (Å²) >= 11 is 1.66. The van der Waals surface area contributed by atoms with Crippen LogP contribution in [0.1, 0.15) is 26.2 Å². The Hall–Kier alpha value is -1.08. The lowest BCUT2D eigenvalue weighted by atomic mass is 10.3. The molecule has 7 heteroatoms. The van der Waals surface area contributed by atoms with E-state index < -0.39 is 0 Å². The Kier molecular flexibility index (Phi) is 7.43. The highest BCUT2D eigenvalue weighted by atomic mass is 32.2. The van der Waals surface area contributed by atoms with Gasteiger partial charge in [-0.15, -0.1) is 0 Å². The van der Waals surface area contributed by atoms with Crippen LogP contribution in [0, 0.1) is 0 Å². The second-order valence-electron chi connectivity index (χ2n) is 3.79. The summed E-state index contributed by atoms with van der Waals surface area (Å²) in [7, 11) is 1.80. The van der Waals surface area contributed by atoms with E-state index >= 15 is 0 Å². The van der Waals surface area contributed by atoms with E-state index in [0.717, 1.165) is 10.9 Å². The summed E-state index contributed by atoms with van der Waals surface area (Å²) in [6, 6.07) is 0. The third kappa shape index (κ3) is 5.50. The van der Waals surface area contributed by atoms with Crippen LogP contribution in [0.3, 0.4) is 0 Å². The lowest BCUT2D eigenvalue weighted by Crippen LogP contribution is -2.16. The molecule has 18 heavy (non-hydrogen) atoms. The molecule has 1 aromatic heterocycles. The largest absolute Gasteiger partial charge is 0.357 e. The van der Waals surface area contributed by atoms with Crippen molar-refractivity contribution in [1.29, 1.82) is 0 Å². The van der Waals surface area contributed by atoms with Crippen molar-refractivity contribution in [1.82, 2.24) is 15.0 Å². The van der Waals surface area contributed by atoms with E-state index in [1.165, 1.54) is 19.3 Å². The summed E-state index contributed by atoms with van der Waals surface area (Å²) in [5.41, 5.74) is 5.44. The van der Waals surface area contributed by atoms with Gasteiger partial charge in [0.1, 0.15) is 0 Å². The molecule has 0 aromatic carbocycles. The molecule has 0 fully saturated rings. The first kappa shape index (κ1) is 15.0. The van der Waals surface area contributed by atoms with Crippen LogP contribution in [-0.2, 0) is 0 Å². The maximum atomic E-state index is 5.44. The van der Waals surface area contributed by atoms with Crippen molar-refractivity contribution >= 4 is 23.7 Å². The number of anilines is 2. The Labute approximate surface area is 113 Å². The van der Waals surface area contributed by atoms with Crippen LogP contribution >= 0.6 is 11.8 Å². The Morgan fingerprint density at radius 3 is 2.61 bits per heavy atom. The molecule has 6 nitrogen and oxygen atoms in total. The fourth-order valence-corrected chi connectivity index (χ4v) is 2.14. The predicted molar refractivity (Wildman–Crippen MR) is 77.2 cm³/mol. The molecule has 0 aliphatic rings. The molecule has 1 aromatic rings. The average Bonchev–Trinajstić information content (AvgIpc) is 2.41. The van der Waals surface area contributed by atoms with E-state index in [0.29, 0.717) is 25.0 Å². The molecule has 0 saturated carbocycles. The van der Waals surface area contributed by atoms with Crippen molar-refractivity contribution in [2.24, 2.45) is 5.73 Å². The van der Waals surface area contributed by atoms with Gasteiger partial charge in [-0.25, -0.2) is 0 Å². The lowest BCUT2D eigenvalue weighted by Gasteiger charge is -2.07. The minimum atomic E-state index is 0.555. The molecule has 0 aliphatic carbocycles. The van der Waals surface area contributed by atoms with Gasteiger partial charge in [0.2, 0.25) is 11.9 Å². The molecule has 0 amide bonds. The number of nitrogens with two attached hydrogens (primary N) is 1. The van der Waals surface area contributed by atoms with E-state index in [1.807, 2.05) is 0 Å². The maximum Gasteiger partial charge on any atom is 0.228 e. The number of hydrogen-bond donors (Lipinski definition) is 3. The van der Waals surface area contributed by atoms with Gasteiger partial charge in [0.15, 0.2) is 5.16 Å². The molecule has 0 spiro atoms. The minimum absolute atomic E-state index is 0.555. The molecular weight excluding hydrogens is 248 g/mol. The number of thioether (sulfide) groups is 1. The molecular formula is C11H22N6S. The van der Waals surface area contributed by atoms with Crippen LogP contribution in [-0.4, -0.2) is 40.8 Å². The lowest BCUT2D eigenvalue weighted by molar-refractivity contribution is 0.776. The summed E-state index contributed by atoms with van der Waals surface area (Å²) in [6.45, 7) is 3.41. The summed E-state index contributed by atoms with van der Waals surface area (Å²) in [6.07, 6.45) is 3.66.